The SMILES string of the molecule is O=C(CCCO)NCCN1CCOCC1. The number of hydrogen-bond donors (Lipinski definition) is 2. The number of carbonyl (C=O) groups is 1. The molecule has 0 bridgehead atoms. The number of rotatable bonds is 6. The predicted molar refractivity (Wildman–Crippen MR) is 56.6 cm³/mol. The zero-order chi connectivity index (χ0) is 10.9. The topological polar surface area (TPSA) is 61.8 Å². The van der Waals surface area contributed by atoms with Crippen molar-refractivity contribution in [3.63, 3.8) is 0 Å². The van der Waals surface area contributed by atoms with Gasteiger partial charge in [0.05, 0.1) is 13.2 Å². The molecule has 0 radical (unpaired) electrons. The molecule has 1 saturated heterocycles. The molecule has 5 nitrogen and oxygen atoms in total. The number of ether oxygens (including phenoxy) is 1. The van der Waals surface area contributed by atoms with Crippen molar-refractivity contribution >= 4 is 5.91 Å². The van der Waals surface area contributed by atoms with Gasteiger partial charge in [0.2, 0.25) is 5.91 Å². The van der Waals surface area contributed by atoms with Crippen molar-refractivity contribution in [1.82, 2.24) is 10.2 Å². The van der Waals surface area contributed by atoms with Crippen LogP contribution in [0.25, 0.3) is 0 Å². The van der Waals surface area contributed by atoms with E-state index in [4.69, 9.17) is 9.84 Å². The minimum Gasteiger partial charge on any atom is -0.396 e. The second kappa shape index (κ2) is 7.62. The van der Waals surface area contributed by atoms with Crippen LogP contribution in [0.5, 0.6) is 0 Å². The molecule has 0 spiro atoms. The molecule has 0 aromatic rings. The Morgan fingerprint density at radius 2 is 2.13 bits per heavy atom. The number of aliphatic hydroxyl groups is 1. The number of aliphatic hydroxyl groups excluding tert-OH is 1. The molecule has 0 aromatic carbocycles. The van der Waals surface area contributed by atoms with Gasteiger partial charge in [-0.2, -0.15) is 0 Å². The van der Waals surface area contributed by atoms with Crippen LogP contribution in [0.2, 0.25) is 0 Å². The summed E-state index contributed by atoms with van der Waals surface area (Å²) in [5, 5.41) is 11.4. The number of nitrogens with one attached hydrogen (secondary N) is 1. The Hall–Kier alpha value is -0.650. The Labute approximate surface area is 90.4 Å². The van der Waals surface area contributed by atoms with Gasteiger partial charge in [-0.3, -0.25) is 9.69 Å². The lowest BCUT2D eigenvalue weighted by molar-refractivity contribution is -0.121. The number of hydrogen-bond acceptors (Lipinski definition) is 4. The van der Waals surface area contributed by atoms with E-state index in [0.29, 0.717) is 19.4 Å². The van der Waals surface area contributed by atoms with Crippen LogP contribution >= 0.6 is 0 Å². The van der Waals surface area contributed by atoms with E-state index in [-0.39, 0.29) is 12.5 Å². The highest BCUT2D eigenvalue weighted by Crippen LogP contribution is 1.95. The molecule has 0 saturated carbocycles. The molecule has 1 aliphatic rings. The molecule has 1 rings (SSSR count). The number of carbonyl (C=O) groups excluding carboxylic acids is 1. The van der Waals surface area contributed by atoms with Gasteiger partial charge in [0.25, 0.3) is 0 Å². The van der Waals surface area contributed by atoms with E-state index in [9.17, 15) is 4.79 Å². The molecule has 1 amide bonds. The Balaban J connectivity index is 1.97. The quantitative estimate of drug-likeness (QED) is 0.610. The maximum absolute atomic E-state index is 11.2. The molecule has 15 heavy (non-hydrogen) atoms. The van der Waals surface area contributed by atoms with Crippen molar-refractivity contribution in [2.24, 2.45) is 0 Å². The Morgan fingerprint density at radius 3 is 2.80 bits per heavy atom. The van der Waals surface area contributed by atoms with Crippen molar-refractivity contribution in [2.75, 3.05) is 46.0 Å². The zero-order valence-electron chi connectivity index (χ0n) is 9.07. The average molecular weight is 216 g/mol. The van der Waals surface area contributed by atoms with Gasteiger partial charge in [-0.15, -0.1) is 0 Å². The molecule has 0 unspecified atom stereocenters. The third-order valence-corrected chi connectivity index (χ3v) is 2.42. The van der Waals surface area contributed by atoms with E-state index >= 15 is 0 Å². The van der Waals surface area contributed by atoms with Crippen LogP contribution in [-0.2, 0) is 9.53 Å². The highest BCUT2D eigenvalue weighted by atomic mass is 16.5. The minimum atomic E-state index is 0.0253. The van der Waals surface area contributed by atoms with Gasteiger partial charge >= 0.3 is 0 Å². The number of morpholine rings is 1. The first-order valence-electron chi connectivity index (χ1n) is 5.50. The Bertz CT molecular complexity index is 182. The molecule has 0 aromatic heterocycles. The van der Waals surface area contributed by atoms with Crippen molar-refractivity contribution in [3.05, 3.63) is 0 Å². The molecule has 1 fully saturated rings. The van der Waals surface area contributed by atoms with Gasteiger partial charge < -0.3 is 15.2 Å². The molecule has 5 heteroatoms. The maximum Gasteiger partial charge on any atom is 0.220 e. The van der Waals surface area contributed by atoms with Crippen LogP contribution in [0.3, 0.4) is 0 Å². The summed E-state index contributed by atoms with van der Waals surface area (Å²) in [5.41, 5.74) is 0. The second-order valence-electron chi connectivity index (χ2n) is 3.63. The number of nitrogens with zero attached hydrogens (tertiary/aromatic N) is 1. The minimum absolute atomic E-state index is 0.0253. The third kappa shape index (κ3) is 5.71. The van der Waals surface area contributed by atoms with Crippen LogP contribution in [0.4, 0.5) is 0 Å². The van der Waals surface area contributed by atoms with Crippen molar-refractivity contribution < 1.29 is 14.6 Å². The Kier molecular flexibility index (Phi) is 6.31. The lowest BCUT2D eigenvalue weighted by Crippen LogP contribution is -2.41. The van der Waals surface area contributed by atoms with Crippen molar-refractivity contribution in [3.8, 4) is 0 Å². The molecule has 2 N–H and O–H groups in total. The summed E-state index contributed by atoms with van der Waals surface area (Å²) in [4.78, 5) is 13.5. The fourth-order valence-electron chi connectivity index (χ4n) is 1.51. The van der Waals surface area contributed by atoms with E-state index in [0.717, 1.165) is 32.8 Å². The second-order valence-corrected chi connectivity index (χ2v) is 3.63. The van der Waals surface area contributed by atoms with Crippen LogP contribution in [0.1, 0.15) is 12.8 Å². The molecular formula is C10H20N2O3. The summed E-state index contributed by atoms with van der Waals surface area (Å²) in [5.74, 6) is 0.0253. The summed E-state index contributed by atoms with van der Waals surface area (Å²) in [7, 11) is 0. The summed E-state index contributed by atoms with van der Waals surface area (Å²) in [6.07, 6.45) is 0.961. The van der Waals surface area contributed by atoms with Gasteiger partial charge in [0, 0.05) is 39.2 Å². The zero-order valence-corrected chi connectivity index (χ0v) is 9.07. The smallest absolute Gasteiger partial charge is 0.220 e. The maximum atomic E-state index is 11.2. The van der Waals surface area contributed by atoms with Gasteiger partial charge in [-0.05, 0) is 6.42 Å². The monoisotopic (exact) mass is 216 g/mol. The molecule has 0 atom stereocenters. The van der Waals surface area contributed by atoms with Crippen molar-refractivity contribution in [2.45, 2.75) is 12.8 Å². The third-order valence-electron chi connectivity index (χ3n) is 2.42. The number of amides is 1. The first kappa shape index (κ1) is 12.4. The molecule has 1 heterocycles. The summed E-state index contributed by atoms with van der Waals surface area (Å²) in [6.45, 7) is 5.13. The molecule has 0 aliphatic carbocycles. The fraction of sp³-hybridized carbons (Fsp3) is 0.900. The van der Waals surface area contributed by atoms with E-state index in [2.05, 4.69) is 10.2 Å². The van der Waals surface area contributed by atoms with Gasteiger partial charge in [-0.1, -0.05) is 0 Å². The first-order chi connectivity index (χ1) is 7.33. The summed E-state index contributed by atoms with van der Waals surface area (Å²) in [6, 6.07) is 0. The highest BCUT2D eigenvalue weighted by Gasteiger charge is 2.09. The van der Waals surface area contributed by atoms with E-state index in [1.807, 2.05) is 0 Å². The lowest BCUT2D eigenvalue weighted by atomic mass is 10.3. The lowest BCUT2D eigenvalue weighted by Gasteiger charge is -2.26. The summed E-state index contributed by atoms with van der Waals surface area (Å²) < 4.78 is 5.22. The molecule has 1 aliphatic heterocycles. The molecular weight excluding hydrogens is 196 g/mol. The van der Waals surface area contributed by atoms with E-state index in [1.165, 1.54) is 0 Å². The van der Waals surface area contributed by atoms with Crippen LogP contribution in [-0.4, -0.2) is 61.9 Å². The van der Waals surface area contributed by atoms with E-state index < -0.39 is 0 Å². The van der Waals surface area contributed by atoms with Crippen LogP contribution in [0.15, 0.2) is 0 Å². The van der Waals surface area contributed by atoms with E-state index in [1.54, 1.807) is 0 Å². The fourth-order valence-corrected chi connectivity index (χ4v) is 1.51. The first-order valence-corrected chi connectivity index (χ1v) is 5.50. The van der Waals surface area contributed by atoms with Crippen molar-refractivity contribution in [1.29, 1.82) is 0 Å². The Morgan fingerprint density at radius 1 is 1.40 bits per heavy atom. The van der Waals surface area contributed by atoms with Gasteiger partial charge in [0.1, 0.15) is 0 Å². The van der Waals surface area contributed by atoms with Gasteiger partial charge in [-0.25, -0.2) is 0 Å². The van der Waals surface area contributed by atoms with Gasteiger partial charge in [0.15, 0.2) is 0 Å². The normalized spacial score (nSPS) is 17.7. The average Bonchev–Trinajstić information content (AvgIpc) is 2.28. The standard InChI is InChI=1S/C10H20N2O3/c13-7-1-2-10(14)11-3-4-12-5-8-15-9-6-12/h13H,1-9H2,(H,11,14). The predicted octanol–water partition coefficient (Wildman–Crippen LogP) is -0.793. The molecule has 88 valence electrons. The van der Waals surface area contributed by atoms with Crippen LogP contribution in [0, 0.1) is 0 Å². The highest BCUT2D eigenvalue weighted by molar-refractivity contribution is 5.75. The largest absolute Gasteiger partial charge is 0.396 e. The summed E-state index contributed by atoms with van der Waals surface area (Å²) >= 11 is 0. The van der Waals surface area contributed by atoms with Crippen LogP contribution < -0.4 is 5.32 Å².